The molecule has 1 amide bonds. The van der Waals surface area contributed by atoms with Crippen LogP contribution in [0, 0.1) is 0 Å². The lowest BCUT2D eigenvalue weighted by Crippen LogP contribution is -2.34. The first-order chi connectivity index (χ1) is 11.8. The van der Waals surface area contributed by atoms with Crippen LogP contribution in [0.5, 0.6) is 0 Å². The van der Waals surface area contributed by atoms with E-state index in [1.807, 2.05) is 6.07 Å². The van der Waals surface area contributed by atoms with Gasteiger partial charge in [-0.3, -0.25) is 9.69 Å². The molecule has 2 fully saturated rings. The number of hydrogen-bond donors (Lipinski definition) is 0. The van der Waals surface area contributed by atoms with Crippen molar-refractivity contribution in [2.75, 3.05) is 29.4 Å². The van der Waals surface area contributed by atoms with Gasteiger partial charge in [0.2, 0.25) is 11.9 Å². The molecule has 3 heterocycles. The van der Waals surface area contributed by atoms with Crippen LogP contribution in [0.3, 0.4) is 0 Å². The van der Waals surface area contributed by atoms with Gasteiger partial charge in [0, 0.05) is 32.3 Å². The van der Waals surface area contributed by atoms with Crippen LogP contribution in [0.15, 0.2) is 42.6 Å². The Bertz CT molecular complexity index is 710. The topological polar surface area (TPSA) is 49.3 Å². The summed E-state index contributed by atoms with van der Waals surface area (Å²) in [5.74, 6) is 2.28. The van der Waals surface area contributed by atoms with Crippen LogP contribution < -0.4 is 9.80 Å². The molecule has 5 heteroatoms. The van der Waals surface area contributed by atoms with E-state index in [0.29, 0.717) is 12.3 Å². The third-order valence-corrected chi connectivity index (χ3v) is 5.03. The highest BCUT2D eigenvalue weighted by Crippen LogP contribution is 2.30. The van der Waals surface area contributed by atoms with Crippen molar-refractivity contribution in [1.82, 2.24) is 9.97 Å². The molecule has 0 aliphatic carbocycles. The number of anilines is 2. The fourth-order valence-corrected chi connectivity index (χ4v) is 3.67. The summed E-state index contributed by atoms with van der Waals surface area (Å²) >= 11 is 0. The number of amides is 1. The number of benzene rings is 1. The molecule has 0 radical (unpaired) electrons. The molecule has 0 bridgehead atoms. The summed E-state index contributed by atoms with van der Waals surface area (Å²) in [6.07, 6.45) is 5.54. The number of carbonyl (C=O) groups is 1. The number of hydrogen-bond acceptors (Lipinski definition) is 4. The molecule has 2 aliphatic rings. The summed E-state index contributed by atoms with van der Waals surface area (Å²) in [5.41, 5.74) is 1.43. The zero-order chi connectivity index (χ0) is 16.4. The number of nitrogens with zero attached hydrogens (tertiary/aromatic N) is 4. The van der Waals surface area contributed by atoms with Gasteiger partial charge in [-0.15, -0.1) is 0 Å². The molecule has 0 saturated carbocycles. The smallest absolute Gasteiger partial charge is 0.228 e. The first-order valence-corrected chi connectivity index (χ1v) is 8.74. The van der Waals surface area contributed by atoms with Gasteiger partial charge in [0.15, 0.2) is 0 Å². The molecule has 5 nitrogen and oxygen atoms in total. The fraction of sp³-hybridized carbons (Fsp3) is 0.421. The quantitative estimate of drug-likeness (QED) is 0.872. The standard InChI is InChI=1S/C19H22N4O/c24-18-7-4-12-23(18)17-8-11-20-19(21-17)22-13-9-16(10-14-22)15-5-2-1-3-6-15/h1-3,5-6,8,11,16H,4,7,9-10,12-14H2. The lowest BCUT2D eigenvalue weighted by Gasteiger charge is -2.32. The monoisotopic (exact) mass is 322 g/mol. The summed E-state index contributed by atoms with van der Waals surface area (Å²) in [6, 6.07) is 12.6. The van der Waals surface area contributed by atoms with Crippen LogP contribution in [-0.4, -0.2) is 35.5 Å². The Morgan fingerprint density at radius 3 is 2.50 bits per heavy atom. The largest absolute Gasteiger partial charge is 0.341 e. The Kier molecular flexibility index (Phi) is 4.15. The van der Waals surface area contributed by atoms with Crippen molar-refractivity contribution in [3.63, 3.8) is 0 Å². The second-order valence-electron chi connectivity index (χ2n) is 6.54. The Balaban J connectivity index is 1.45. The average molecular weight is 322 g/mol. The van der Waals surface area contributed by atoms with Crippen LogP contribution in [-0.2, 0) is 4.79 Å². The van der Waals surface area contributed by atoms with Gasteiger partial charge in [-0.25, -0.2) is 4.98 Å². The van der Waals surface area contributed by atoms with E-state index in [-0.39, 0.29) is 5.91 Å². The molecule has 1 aromatic carbocycles. The molecular weight excluding hydrogens is 300 g/mol. The molecule has 2 saturated heterocycles. The maximum absolute atomic E-state index is 11.9. The van der Waals surface area contributed by atoms with Gasteiger partial charge in [-0.2, -0.15) is 4.98 Å². The minimum absolute atomic E-state index is 0.169. The molecule has 0 N–H and O–H groups in total. The number of rotatable bonds is 3. The van der Waals surface area contributed by atoms with E-state index >= 15 is 0 Å². The van der Waals surface area contributed by atoms with Crippen molar-refractivity contribution in [1.29, 1.82) is 0 Å². The van der Waals surface area contributed by atoms with Gasteiger partial charge in [0.05, 0.1) is 0 Å². The van der Waals surface area contributed by atoms with Crippen molar-refractivity contribution in [2.24, 2.45) is 0 Å². The maximum Gasteiger partial charge on any atom is 0.228 e. The highest BCUT2D eigenvalue weighted by atomic mass is 16.2. The van der Waals surface area contributed by atoms with Gasteiger partial charge in [-0.1, -0.05) is 30.3 Å². The minimum atomic E-state index is 0.169. The first-order valence-electron chi connectivity index (χ1n) is 8.74. The second kappa shape index (κ2) is 6.59. The molecule has 0 atom stereocenters. The third kappa shape index (κ3) is 2.98. The average Bonchev–Trinajstić information content (AvgIpc) is 3.09. The van der Waals surface area contributed by atoms with E-state index in [9.17, 15) is 4.79 Å². The molecule has 24 heavy (non-hydrogen) atoms. The van der Waals surface area contributed by atoms with Crippen LogP contribution in [0.4, 0.5) is 11.8 Å². The third-order valence-electron chi connectivity index (χ3n) is 5.03. The van der Waals surface area contributed by atoms with E-state index in [4.69, 9.17) is 0 Å². The van der Waals surface area contributed by atoms with E-state index in [2.05, 4.69) is 45.2 Å². The Morgan fingerprint density at radius 2 is 1.79 bits per heavy atom. The van der Waals surface area contributed by atoms with Gasteiger partial charge in [0.25, 0.3) is 0 Å². The molecule has 2 aromatic rings. The van der Waals surface area contributed by atoms with Crippen molar-refractivity contribution in [2.45, 2.75) is 31.6 Å². The minimum Gasteiger partial charge on any atom is -0.341 e. The normalized spacial score (nSPS) is 19.1. The summed E-state index contributed by atoms with van der Waals surface area (Å²) in [4.78, 5) is 25.0. The zero-order valence-electron chi connectivity index (χ0n) is 13.8. The van der Waals surface area contributed by atoms with Crippen molar-refractivity contribution in [3.05, 3.63) is 48.2 Å². The molecular formula is C19H22N4O. The van der Waals surface area contributed by atoms with E-state index in [1.165, 1.54) is 5.56 Å². The van der Waals surface area contributed by atoms with E-state index in [1.54, 1.807) is 11.1 Å². The summed E-state index contributed by atoms with van der Waals surface area (Å²) in [6.45, 7) is 2.68. The molecule has 0 spiro atoms. The lowest BCUT2D eigenvalue weighted by molar-refractivity contribution is -0.117. The molecule has 4 rings (SSSR count). The second-order valence-corrected chi connectivity index (χ2v) is 6.54. The highest BCUT2D eigenvalue weighted by Gasteiger charge is 2.25. The van der Waals surface area contributed by atoms with E-state index < -0.39 is 0 Å². The van der Waals surface area contributed by atoms with Crippen molar-refractivity contribution < 1.29 is 4.79 Å². The van der Waals surface area contributed by atoms with E-state index in [0.717, 1.165) is 50.7 Å². The Labute approximate surface area is 142 Å². The highest BCUT2D eigenvalue weighted by molar-refractivity contribution is 5.94. The van der Waals surface area contributed by atoms with Gasteiger partial charge in [-0.05, 0) is 36.8 Å². The molecule has 124 valence electrons. The first kappa shape index (κ1) is 15.1. The Morgan fingerprint density at radius 1 is 1.00 bits per heavy atom. The van der Waals surface area contributed by atoms with Crippen LogP contribution in [0.25, 0.3) is 0 Å². The molecule has 0 unspecified atom stereocenters. The Hall–Kier alpha value is -2.43. The number of aromatic nitrogens is 2. The van der Waals surface area contributed by atoms with Gasteiger partial charge >= 0.3 is 0 Å². The lowest BCUT2D eigenvalue weighted by atomic mass is 9.90. The van der Waals surface area contributed by atoms with Crippen molar-refractivity contribution in [3.8, 4) is 0 Å². The summed E-state index contributed by atoms with van der Waals surface area (Å²) in [5, 5.41) is 0. The predicted octanol–water partition coefficient (Wildman–Crippen LogP) is 2.99. The van der Waals surface area contributed by atoms with Crippen molar-refractivity contribution >= 4 is 17.7 Å². The SMILES string of the molecule is O=C1CCCN1c1ccnc(N2CCC(c3ccccc3)CC2)n1. The predicted molar refractivity (Wildman–Crippen MR) is 94.2 cm³/mol. The number of carbonyl (C=O) groups excluding carboxylic acids is 1. The molecule has 2 aliphatic heterocycles. The van der Waals surface area contributed by atoms with Crippen LogP contribution >= 0.6 is 0 Å². The fourth-order valence-electron chi connectivity index (χ4n) is 3.67. The van der Waals surface area contributed by atoms with Crippen LogP contribution in [0.1, 0.15) is 37.2 Å². The molecule has 1 aromatic heterocycles. The van der Waals surface area contributed by atoms with Gasteiger partial charge < -0.3 is 4.90 Å². The van der Waals surface area contributed by atoms with Gasteiger partial charge in [0.1, 0.15) is 5.82 Å². The summed E-state index contributed by atoms with van der Waals surface area (Å²) in [7, 11) is 0. The zero-order valence-corrected chi connectivity index (χ0v) is 13.8. The van der Waals surface area contributed by atoms with Crippen LogP contribution in [0.2, 0.25) is 0 Å². The summed E-state index contributed by atoms with van der Waals surface area (Å²) < 4.78 is 0. The maximum atomic E-state index is 11.9. The number of piperidine rings is 1.